The zero-order chi connectivity index (χ0) is 55.0. The maximum Gasteiger partial charge on any atom is 0.306 e. The summed E-state index contributed by atoms with van der Waals surface area (Å²) in [7, 11) is 1.17. The van der Waals surface area contributed by atoms with Gasteiger partial charge in [0, 0.05) is 12.8 Å². The van der Waals surface area contributed by atoms with Crippen LogP contribution in [0.1, 0.15) is 316 Å². The number of nitrogens with one attached hydrogen (secondary N) is 1. The minimum Gasteiger partial charge on any atom is -0.756 e. The van der Waals surface area contributed by atoms with Crippen LogP contribution in [0.15, 0.2) is 36.5 Å². The lowest BCUT2D eigenvalue weighted by Crippen LogP contribution is -2.47. The summed E-state index contributed by atoms with van der Waals surface area (Å²) in [6.45, 7) is 6.84. The van der Waals surface area contributed by atoms with Crippen LogP contribution in [-0.2, 0) is 27.9 Å². The van der Waals surface area contributed by atoms with Gasteiger partial charge in [-0.2, -0.15) is 0 Å². The number of quaternary nitrogens is 1. The Labute approximate surface area is 466 Å². The largest absolute Gasteiger partial charge is 0.756 e. The number of nitrogens with zero attached hydrogens (tertiary/aromatic N) is 1. The molecular weight excluding hydrogens is 952 g/mol. The predicted molar refractivity (Wildman–Crippen MR) is 321 cm³/mol. The van der Waals surface area contributed by atoms with Crippen molar-refractivity contribution >= 4 is 19.7 Å². The molecule has 75 heavy (non-hydrogen) atoms. The monoisotopic (exact) mass is 1080 g/mol. The van der Waals surface area contributed by atoms with Gasteiger partial charge in [0.05, 0.1) is 33.8 Å². The second kappa shape index (κ2) is 55.5. The van der Waals surface area contributed by atoms with E-state index in [-0.39, 0.29) is 18.9 Å². The van der Waals surface area contributed by atoms with Crippen molar-refractivity contribution in [2.45, 2.75) is 328 Å². The number of ether oxygens (including phenoxy) is 1. The second-order valence-corrected chi connectivity index (χ2v) is 24.7. The Balaban J connectivity index is 5.16. The van der Waals surface area contributed by atoms with E-state index in [0.29, 0.717) is 23.9 Å². The number of phosphoric acid groups is 1. The molecule has 0 radical (unpaired) electrons. The second-order valence-electron chi connectivity index (χ2n) is 23.3. The van der Waals surface area contributed by atoms with E-state index in [2.05, 4.69) is 44.3 Å². The number of likely N-dealkylation sites (N-methyl/N-ethyl adjacent to an activating group) is 1. The third-order valence-corrected chi connectivity index (χ3v) is 15.6. The molecule has 10 heteroatoms. The highest BCUT2D eigenvalue weighted by Crippen LogP contribution is 2.38. The van der Waals surface area contributed by atoms with Crippen molar-refractivity contribution in [2.75, 3.05) is 40.9 Å². The number of hydrogen-bond acceptors (Lipinski definition) is 7. The molecule has 0 aliphatic heterocycles. The SMILES string of the molecule is CCCCCCCC/C=C\C/C=C/CCC(=O)OC(/C=C\CCCCCCCCCCCCC)C(COP(=O)([O-])OCC[N+](C)(C)C)NC(=O)CCCCCCCCCCCCCCCCCCCCCCCCC. The standard InChI is InChI=1S/C65H125N2O7P/c1-7-10-13-16-19-22-25-28-29-30-31-32-33-34-35-36-37-40-42-45-48-51-54-57-64(68)66-62(61-73-75(70,71)72-60-59-67(4,5)6)63(56-53-50-47-44-41-38-26-23-20-17-14-11-8-2)74-65(69)58-55-52-49-46-43-39-27-24-21-18-15-12-9-3/h39,43,49,52-53,56,62-63H,7-38,40-42,44-48,50-51,54-55,57-61H2,1-6H3,(H-,66,68,70,71)/b43-39-,52-49+,56-53-. The smallest absolute Gasteiger partial charge is 0.306 e. The van der Waals surface area contributed by atoms with Crippen molar-refractivity contribution in [2.24, 2.45) is 0 Å². The summed E-state index contributed by atoms with van der Waals surface area (Å²) >= 11 is 0. The average molecular weight is 1080 g/mol. The highest BCUT2D eigenvalue weighted by atomic mass is 31.2. The Morgan fingerprint density at radius 3 is 1.23 bits per heavy atom. The number of esters is 1. The molecule has 3 atom stereocenters. The summed E-state index contributed by atoms with van der Waals surface area (Å²) < 4.78 is 30.3. The van der Waals surface area contributed by atoms with Crippen LogP contribution in [0.2, 0.25) is 0 Å². The van der Waals surface area contributed by atoms with Gasteiger partial charge in [0.2, 0.25) is 5.91 Å². The van der Waals surface area contributed by atoms with E-state index in [1.807, 2.05) is 39.4 Å². The molecule has 0 fully saturated rings. The Bertz CT molecular complexity index is 1380. The maximum absolute atomic E-state index is 13.5. The lowest BCUT2D eigenvalue weighted by atomic mass is 10.0. The van der Waals surface area contributed by atoms with Crippen LogP contribution in [0, 0.1) is 0 Å². The fourth-order valence-corrected chi connectivity index (χ4v) is 10.3. The molecule has 0 aromatic heterocycles. The topological polar surface area (TPSA) is 114 Å². The first-order chi connectivity index (χ1) is 36.4. The van der Waals surface area contributed by atoms with Gasteiger partial charge in [0.15, 0.2) is 0 Å². The number of carbonyl (C=O) groups excluding carboxylic acids is 2. The summed E-state index contributed by atoms with van der Waals surface area (Å²) in [6.07, 6.45) is 67.1. The molecular formula is C65H125N2O7P. The average Bonchev–Trinajstić information content (AvgIpc) is 3.37. The molecule has 9 nitrogen and oxygen atoms in total. The molecule has 0 aliphatic carbocycles. The van der Waals surface area contributed by atoms with Gasteiger partial charge in [-0.15, -0.1) is 0 Å². The number of allylic oxidation sites excluding steroid dienone is 5. The molecule has 1 N–H and O–H groups in total. The summed E-state index contributed by atoms with van der Waals surface area (Å²) in [4.78, 5) is 39.9. The van der Waals surface area contributed by atoms with Crippen LogP contribution < -0.4 is 10.2 Å². The third kappa shape index (κ3) is 56.8. The molecule has 0 spiro atoms. The van der Waals surface area contributed by atoms with Gasteiger partial charge in [0.1, 0.15) is 19.3 Å². The van der Waals surface area contributed by atoms with Crippen LogP contribution in [0.3, 0.4) is 0 Å². The van der Waals surface area contributed by atoms with Crippen LogP contribution in [0.4, 0.5) is 0 Å². The molecule has 0 saturated heterocycles. The number of rotatable bonds is 59. The van der Waals surface area contributed by atoms with Gasteiger partial charge >= 0.3 is 5.97 Å². The van der Waals surface area contributed by atoms with E-state index in [9.17, 15) is 19.0 Å². The normalized spacial score (nSPS) is 13.9. The lowest BCUT2D eigenvalue weighted by Gasteiger charge is -2.30. The van der Waals surface area contributed by atoms with Gasteiger partial charge in [-0.05, 0) is 51.0 Å². The molecule has 0 aromatic rings. The highest BCUT2D eigenvalue weighted by molar-refractivity contribution is 7.45. The maximum atomic E-state index is 13.5. The highest BCUT2D eigenvalue weighted by Gasteiger charge is 2.27. The predicted octanol–water partition coefficient (Wildman–Crippen LogP) is 19.3. The van der Waals surface area contributed by atoms with Crippen LogP contribution in [-0.4, -0.2) is 69.4 Å². The van der Waals surface area contributed by atoms with Crippen molar-refractivity contribution in [3.8, 4) is 0 Å². The number of unbranched alkanes of at least 4 members (excludes halogenated alkanes) is 39. The van der Waals surface area contributed by atoms with E-state index in [1.165, 1.54) is 225 Å². The molecule has 0 rings (SSSR count). The Morgan fingerprint density at radius 1 is 0.467 bits per heavy atom. The zero-order valence-corrected chi connectivity index (χ0v) is 51.4. The minimum absolute atomic E-state index is 0.0272. The zero-order valence-electron chi connectivity index (χ0n) is 50.5. The first-order valence-electron chi connectivity index (χ1n) is 32.3. The van der Waals surface area contributed by atoms with Gasteiger partial charge in [0.25, 0.3) is 7.82 Å². The van der Waals surface area contributed by atoms with Crippen LogP contribution in [0.5, 0.6) is 0 Å². The minimum atomic E-state index is -4.71. The van der Waals surface area contributed by atoms with E-state index in [4.69, 9.17) is 13.8 Å². The molecule has 0 aromatic carbocycles. The Morgan fingerprint density at radius 2 is 0.827 bits per heavy atom. The van der Waals surface area contributed by atoms with Crippen molar-refractivity contribution in [3.05, 3.63) is 36.5 Å². The van der Waals surface area contributed by atoms with Gasteiger partial charge < -0.3 is 28.5 Å². The molecule has 0 saturated carbocycles. The Kier molecular flexibility index (Phi) is 54.2. The number of amides is 1. The number of carbonyl (C=O) groups is 2. The molecule has 0 bridgehead atoms. The Hall–Kier alpha value is -1.77. The van der Waals surface area contributed by atoms with E-state index >= 15 is 0 Å². The molecule has 0 heterocycles. The van der Waals surface area contributed by atoms with E-state index in [0.717, 1.165) is 51.4 Å². The number of phosphoric ester groups is 1. The van der Waals surface area contributed by atoms with Crippen molar-refractivity contribution < 1.29 is 37.3 Å². The van der Waals surface area contributed by atoms with E-state index in [1.54, 1.807) is 0 Å². The van der Waals surface area contributed by atoms with Gasteiger partial charge in [-0.25, -0.2) is 0 Å². The first-order valence-corrected chi connectivity index (χ1v) is 33.8. The fraction of sp³-hybridized carbons (Fsp3) is 0.877. The molecule has 442 valence electrons. The van der Waals surface area contributed by atoms with Crippen molar-refractivity contribution in [1.82, 2.24) is 5.32 Å². The van der Waals surface area contributed by atoms with Gasteiger partial charge in [-0.1, -0.05) is 289 Å². The van der Waals surface area contributed by atoms with Crippen molar-refractivity contribution in [3.63, 3.8) is 0 Å². The lowest BCUT2D eigenvalue weighted by molar-refractivity contribution is -0.870. The summed E-state index contributed by atoms with van der Waals surface area (Å²) in [5.74, 6) is -0.604. The number of hydrogen-bond donors (Lipinski definition) is 1. The molecule has 1 amide bonds. The van der Waals surface area contributed by atoms with Crippen LogP contribution >= 0.6 is 7.82 Å². The van der Waals surface area contributed by atoms with Crippen LogP contribution in [0.25, 0.3) is 0 Å². The van der Waals surface area contributed by atoms with Gasteiger partial charge in [-0.3, -0.25) is 14.2 Å². The third-order valence-electron chi connectivity index (χ3n) is 14.6. The first kappa shape index (κ1) is 73.2. The fourth-order valence-electron chi connectivity index (χ4n) is 9.58. The quantitative estimate of drug-likeness (QED) is 0.0212. The summed E-state index contributed by atoms with van der Waals surface area (Å²) in [5.41, 5.74) is 0. The molecule has 0 aliphatic rings. The summed E-state index contributed by atoms with van der Waals surface area (Å²) in [5, 5.41) is 3.02. The molecule has 3 unspecified atom stereocenters. The van der Waals surface area contributed by atoms with Crippen molar-refractivity contribution in [1.29, 1.82) is 0 Å². The van der Waals surface area contributed by atoms with E-state index < -0.39 is 32.5 Å². The summed E-state index contributed by atoms with van der Waals surface area (Å²) in [6, 6.07) is -0.906.